The molecule has 3 amide bonds. The third-order valence-corrected chi connectivity index (χ3v) is 6.47. The van der Waals surface area contributed by atoms with Crippen LogP contribution < -0.4 is 0 Å². The zero-order valence-electron chi connectivity index (χ0n) is 14.3. The zero-order chi connectivity index (χ0) is 18.7. The number of nitrogens with zero attached hydrogens (tertiary/aromatic N) is 3. The van der Waals surface area contributed by atoms with Gasteiger partial charge < -0.3 is 4.90 Å². The van der Waals surface area contributed by atoms with E-state index in [0.717, 1.165) is 10.5 Å². The Balaban J connectivity index is 1.54. The van der Waals surface area contributed by atoms with Gasteiger partial charge in [0.15, 0.2) is 0 Å². The first-order chi connectivity index (χ1) is 12.4. The van der Waals surface area contributed by atoms with E-state index in [4.69, 9.17) is 0 Å². The molecule has 8 nitrogen and oxygen atoms in total. The van der Waals surface area contributed by atoms with Crippen LogP contribution in [-0.4, -0.2) is 73.0 Å². The van der Waals surface area contributed by atoms with Gasteiger partial charge in [0.25, 0.3) is 0 Å². The van der Waals surface area contributed by atoms with Crippen LogP contribution in [0.4, 0.5) is 0 Å². The minimum absolute atomic E-state index is 0.0709. The van der Waals surface area contributed by atoms with Crippen molar-refractivity contribution in [3.05, 3.63) is 35.9 Å². The zero-order valence-corrected chi connectivity index (χ0v) is 15.2. The van der Waals surface area contributed by atoms with Crippen molar-refractivity contribution < 1.29 is 22.8 Å². The first-order valence-electron chi connectivity index (χ1n) is 8.49. The molecule has 140 valence electrons. The van der Waals surface area contributed by atoms with Crippen molar-refractivity contribution in [2.75, 3.05) is 32.7 Å². The molecule has 1 aromatic carbocycles. The molecule has 0 saturated carbocycles. The fourth-order valence-electron chi connectivity index (χ4n) is 3.13. The lowest BCUT2D eigenvalue weighted by Gasteiger charge is -2.34. The number of imide groups is 1. The summed E-state index contributed by atoms with van der Waals surface area (Å²) in [5.41, 5.74) is 0.720. The van der Waals surface area contributed by atoms with Gasteiger partial charge in [0, 0.05) is 39.0 Å². The van der Waals surface area contributed by atoms with E-state index < -0.39 is 10.0 Å². The van der Waals surface area contributed by atoms with Gasteiger partial charge in [0.1, 0.15) is 6.54 Å². The van der Waals surface area contributed by atoms with Crippen molar-refractivity contribution in [3.8, 4) is 0 Å². The van der Waals surface area contributed by atoms with Crippen molar-refractivity contribution in [3.63, 3.8) is 0 Å². The average molecular weight is 379 g/mol. The molecule has 0 atom stereocenters. The molecule has 2 aliphatic rings. The molecule has 2 heterocycles. The summed E-state index contributed by atoms with van der Waals surface area (Å²) in [5.74, 6) is -1.05. The van der Waals surface area contributed by atoms with Crippen molar-refractivity contribution in [1.82, 2.24) is 14.1 Å². The van der Waals surface area contributed by atoms with Gasteiger partial charge >= 0.3 is 0 Å². The van der Waals surface area contributed by atoms with Crippen molar-refractivity contribution in [2.45, 2.75) is 18.6 Å². The van der Waals surface area contributed by atoms with Crippen LogP contribution in [0.2, 0.25) is 0 Å². The summed E-state index contributed by atoms with van der Waals surface area (Å²) in [4.78, 5) is 38.0. The molecule has 2 fully saturated rings. The van der Waals surface area contributed by atoms with Crippen molar-refractivity contribution >= 4 is 27.7 Å². The lowest BCUT2D eigenvalue weighted by molar-refractivity contribution is -0.145. The van der Waals surface area contributed by atoms with E-state index in [-0.39, 0.29) is 69.0 Å². The SMILES string of the molecule is O=C(CN1C(=O)CCC1=O)N1CCN(S(=O)(=O)Cc2ccccc2)CC1. The Morgan fingerprint density at radius 2 is 1.50 bits per heavy atom. The number of rotatable bonds is 5. The van der Waals surface area contributed by atoms with Crippen LogP contribution in [0.3, 0.4) is 0 Å². The lowest BCUT2D eigenvalue weighted by Crippen LogP contribution is -2.53. The highest BCUT2D eigenvalue weighted by Gasteiger charge is 2.34. The normalized spacial score (nSPS) is 19.2. The van der Waals surface area contributed by atoms with Crippen LogP contribution in [-0.2, 0) is 30.2 Å². The Morgan fingerprint density at radius 3 is 2.08 bits per heavy atom. The van der Waals surface area contributed by atoms with Gasteiger partial charge in [-0.1, -0.05) is 30.3 Å². The molecule has 26 heavy (non-hydrogen) atoms. The Morgan fingerprint density at radius 1 is 0.923 bits per heavy atom. The van der Waals surface area contributed by atoms with E-state index in [1.807, 2.05) is 6.07 Å². The fraction of sp³-hybridized carbons (Fsp3) is 0.471. The largest absolute Gasteiger partial charge is 0.338 e. The molecule has 2 saturated heterocycles. The Kier molecular flexibility index (Phi) is 5.38. The number of benzene rings is 1. The molecule has 3 rings (SSSR count). The first kappa shape index (κ1) is 18.5. The van der Waals surface area contributed by atoms with E-state index in [2.05, 4.69) is 0 Å². The lowest BCUT2D eigenvalue weighted by atomic mass is 10.2. The molecule has 1 aromatic rings. The predicted molar refractivity (Wildman–Crippen MR) is 93.2 cm³/mol. The topological polar surface area (TPSA) is 95.1 Å². The van der Waals surface area contributed by atoms with Gasteiger partial charge in [-0.25, -0.2) is 8.42 Å². The fourth-order valence-corrected chi connectivity index (χ4v) is 4.64. The number of likely N-dealkylation sites (tertiary alicyclic amines) is 1. The minimum atomic E-state index is -3.45. The maximum Gasteiger partial charge on any atom is 0.242 e. The second-order valence-corrected chi connectivity index (χ2v) is 8.36. The Labute approximate surface area is 152 Å². The standard InChI is InChI=1S/C17H21N3O5S/c21-15-6-7-16(22)20(15)12-17(23)18-8-10-19(11-9-18)26(24,25)13-14-4-2-1-3-5-14/h1-5H,6-13H2. The summed E-state index contributed by atoms with van der Waals surface area (Å²) in [6.45, 7) is 0.673. The van der Waals surface area contributed by atoms with Crippen LogP contribution in [0.25, 0.3) is 0 Å². The van der Waals surface area contributed by atoms with Crippen LogP contribution in [0.1, 0.15) is 18.4 Å². The molecular formula is C17H21N3O5S. The van der Waals surface area contributed by atoms with Gasteiger partial charge in [0.2, 0.25) is 27.7 Å². The third-order valence-electron chi connectivity index (χ3n) is 4.62. The molecule has 0 spiro atoms. The summed E-state index contributed by atoms with van der Waals surface area (Å²) in [7, 11) is -3.45. The van der Waals surface area contributed by atoms with E-state index in [1.54, 1.807) is 24.3 Å². The van der Waals surface area contributed by atoms with Gasteiger partial charge in [-0.3, -0.25) is 19.3 Å². The molecule has 0 N–H and O–H groups in total. The molecule has 0 bridgehead atoms. The quantitative estimate of drug-likeness (QED) is 0.661. The monoisotopic (exact) mass is 379 g/mol. The Bertz CT molecular complexity index is 785. The highest BCUT2D eigenvalue weighted by Crippen LogP contribution is 2.15. The van der Waals surface area contributed by atoms with Gasteiger partial charge in [0.05, 0.1) is 5.75 Å². The molecule has 0 aromatic heterocycles. The summed E-state index contributed by atoms with van der Waals surface area (Å²) in [5, 5.41) is 0. The van der Waals surface area contributed by atoms with Crippen LogP contribution in [0.15, 0.2) is 30.3 Å². The number of carbonyl (C=O) groups excluding carboxylic acids is 3. The summed E-state index contributed by atoms with van der Waals surface area (Å²) < 4.78 is 26.4. The molecule has 0 aliphatic carbocycles. The second kappa shape index (κ2) is 7.55. The smallest absolute Gasteiger partial charge is 0.242 e. The molecule has 2 aliphatic heterocycles. The van der Waals surface area contributed by atoms with Gasteiger partial charge in [-0.05, 0) is 5.56 Å². The maximum atomic E-state index is 12.5. The molecule has 0 radical (unpaired) electrons. The number of hydrogen-bond donors (Lipinski definition) is 0. The van der Waals surface area contributed by atoms with Gasteiger partial charge in [-0.15, -0.1) is 0 Å². The number of piperazine rings is 1. The van der Waals surface area contributed by atoms with Crippen LogP contribution in [0.5, 0.6) is 0 Å². The Hall–Kier alpha value is -2.26. The van der Waals surface area contributed by atoms with Crippen LogP contribution in [0, 0.1) is 0 Å². The van der Waals surface area contributed by atoms with E-state index in [1.165, 1.54) is 9.21 Å². The molecule has 9 heteroatoms. The van der Waals surface area contributed by atoms with E-state index >= 15 is 0 Å². The predicted octanol–water partition coefficient (Wildman–Crippen LogP) is -0.190. The van der Waals surface area contributed by atoms with Crippen LogP contribution >= 0.6 is 0 Å². The third kappa shape index (κ3) is 4.10. The number of hydrogen-bond acceptors (Lipinski definition) is 5. The molecule has 0 unspecified atom stereocenters. The molecular weight excluding hydrogens is 358 g/mol. The highest BCUT2D eigenvalue weighted by atomic mass is 32.2. The highest BCUT2D eigenvalue weighted by molar-refractivity contribution is 7.88. The minimum Gasteiger partial charge on any atom is -0.338 e. The number of amides is 3. The summed E-state index contributed by atoms with van der Waals surface area (Å²) in [6, 6.07) is 8.95. The maximum absolute atomic E-state index is 12.5. The number of carbonyl (C=O) groups is 3. The number of sulfonamides is 1. The first-order valence-corrected chi connectivity index (χ1v) is 10.1. The van der Waals surface area contributed by atoms with Crippen molar-refractivity contribution in [2.24, 2.45) is 0 Å². The summed E-state index contributed by atoms with van der Waals surface area (Å²) in [6.07, 6.45) is 0.301. The second-order valence-electron chi connectivity index (χ2n) is 6.40. The van der Waals surface area contributed by atoms with Crippen molar-refractivity contribution in [1.29, 1.82) is 0 Å². The van der Waals surface area contributed by atoms with E-state index in [9.17, 15) is 22.8 Å². The summed E-state index contributed by atoms with van der Waals surface area (Å²) >= 11 is 0. The average Bonchev–Trinajstić information content (AvgIpc) is 2.94. The van der Waals surface area contributed by atoms with Gasteiger partial charge in [-0.2, -0.15) is 4.31 Å². The van der Waals surface area contributed by atoms with E-state index in [0.29, 0.717) is 0 Å².